The number of benzene rings is 1. The highest BCUT2D eigenvalue weighted by atomic mass is 32.2. The van der Waals surface area contributed by atoms with E-state index in [9.17, 15) is 24.0 Å². The summed E-state index contributed by atoms with van der Waals surface area (Å²) < 4.78 is 5.08. The van der Waals surface area contributed by atoms with E-state index in [4.69, 9.17) is 4.74 Å². The minimum absolute atomic E-state index is 0.0161. The Balaban J connectivity index is 1.72. The number of amides is 4. The summed E-state index contributed by atoms with van der Waals surface area (Å²) in [6.45, 7) is 9.66. The number of thioether (sulfide) groups is 1. The smallest absolute Gasteiger partial charge is 0.375 e. The molecule has 4 amide bonds. The molecule has 2 heterocycles. The van der Waals surface area contributed by atoms with Gasteiger partial charge in [-0.25, -0.2) is 9.59 Å². The van der Waals surface area contributed by atoms with E-state index in [1.54, 1.807) is 43.0 Å². The Labute approximate surface area is 240 Å². The van der Waals surface area contributed by atoms with Crippen molar-refractivity contribution in [3.63, 3.8) is 0 Å². The Kier molecular flexibility index (Phi) is 11.4. The van der Waals surface area contributed by atoms with Crippen molar-refractivity contribution in [2.24, 2.45) is 11.8 Å². The number of ketones is 1. The number of likely N-dealkylation sites (N-methyl/N-ethyl adjacent to an activating group) is 1. The summed E-state index contributed by atoms with van der Waals surface area (Å²) in [7, 11) is 2.00. The molecule has 1 aromatic carbocycles. The third kappa shape index (κ3) is 8.44. The molecule has 0 aromatic heterocycles. The number of nitrogens with one attached hydrogen (secondary N) is 2. The number of nitrogens with zero attached hydrogens (tertiary/aromatic N) is 3. The Morgan fingerprint density at radius 1 is 1.00 bits per heavy atom. The number of carbonyl (C=O) groups excluding carboxylic acids is 5. The number of carbonyl (C=O) groups is 5. The van der Waals surface area contributed by atoms with Crippen molar-refractivity contribution in [2.45, 2.75) is 52.4 Å². The van der Waals surface area contributed by atoms with Gasteiger partial charge in [0, 0.05) is 31.9 Å². The third-order valence-electron chi connectivity index (χ3n) is 6.94. The van der Waals surface area contributed by atoms with Gasteiger partial charge in [-0.05, 0) is 38.8 Å². The van der Waals surface area contributed by atoms with Crippen molar-refractivity contribution in [3.8, 4) is 0 Å². The molecule has 2 aliphatic heterocycles. The number of Topliss-reactive ketones (excluding diaryl/α,β-unsaturated/α-hetero) is 1. The maximum atomic E-state index is 13.7. The first kappa shape index (κ1) is 31.4. The molecular weight excluding hydrogens is 534 g/mol. The van der Waals surface area contributed by atoms with Crippen LogP contribution in [0.1, 0.15) is 33.3 Å². The highest BCUT2D eigenvalue weighted by Gasteiger charge is 2.40. The van der Waals surface area contributed by atoms with Crippen LogP contribution < -0.4 is 10.6 Å². The van der Waals surface area contributed by atoms with E-state index < -0.39 is 41.9 Å². The number of hydrogen-bond donors (Lipinski definition) is 2. The second kappa shape index (κ2) is 14.5. The lowest BCUT2D eigenvalue weighted by molar-refractivity contribution is -0.160. The van der Waals surface area contributed by atoms with Gasteiger partial charge in [0.1, 0.15) is 18.1 Å². The van der Waals surface area contributed by atoms with Crippen molar-refractivity contribution < 1.29 is 28.7 Å². The molecule has 0 radical (unpaired) electrons. The van der Waals surface area contributed by atoms with Gasteiger partial charge in [-0.15, -0.1) is 11.8 Å². The van der Waals surface area contributed by atoms with Crippen LogP contribution in [0.2, 0.25) is 0 Å². The first-order valence-electron chi connectivity index (χ1n) is 13.7. The molecule has 220 valence electrons. The van der Waals surface area contributed by atoms with E-state index in [0.717, 1.165) is 13.1 Å². The summed E-state index contributed by atoms with van der Waals surface area (Å²) in [4.78, 5) is 70.9. The largest absolute Gasteiger partial charge is 0.457 e. The first-order valence-corrected chi connectivity index (χ1v) is 14.8. The first-order chi connectivity index (χ1) is 19.0. The van der Waals surface area contributed by atoms with Crippen LogP contribution in [-0.4, -0.2) is 107 Å². The van der Waals surface area contributed by atoms with Gasteiger partial charge in [-0.2, -0.15) is 0 Å². The van der Waals surface area contributed by atoms with E-state index >= 15 is 0 Å². The van der Waals surface area contributed by atoms with E-state index in [0.29, 0.717) is 30.3 Å². The topological polar surface area (TPSA) is 128 Å². The van der Waals surface area contributed by atoms with Gasteiger partial charge in [0.05, 0.1) is 12.0 Å². The van der Waals surface area contributed by atoms with Gasteiger partial charge in [-0.3, -0.25) is 14.4 Å². The predicted octanol–water partition coefficient (Wildman–Crippen LogP) is 1.32. The third-order valence-corrected chi connectivity index (χ3v) is 7.95. The number of rotatable bonds is 10. The van der Waals surface area contributed by atoms with Gasteiger partial charge in [0.2, 0.25) is 11.8 Å². The number of ether oxygens (including phenoxy) is 1. The fourth-order valence-electron chi connectivity index (χ4n) is 4.54. The second-order valence-electron chi connectivity index (χ2n) is 10.9. The summed E-state index contributed by atoms with van der Waals surface area (Å²) >= 11 is 1.46. The van der Waals surface area contributed by atoms with Crippen LogP contribution in [-0.2, 0) is 30.3 Å². The van der Waals surface area contributed by atoms with Gasteiger partial charge >= 0.3 is 12.0 Å². The van der Waals surface area contributed by atoms with E-state index in [2.05, 4.69) is 15.5 Å². The van der Waals surface area contributed by atoms with Crippen LogP contribution in [0.25, 0.3) is 0 Å². The normalized spacial score (nSPS) is 19.3. The fourth-order valence-corrected chi connectivity index (χ4v) is 5.63. The van der Waals surface area contributed by atoms with Crippen LogP contribution in [0.5, 0.6) is 0 Å². The van der Waals surface area contributed by atoms with Crippen molar-refractivity contribution in [2.75, 3.05) is 44.9 Å². The molecule has 3 atom stereocenters. The molecule has 0 bridgehead atoms. The maximum Gasteiger partial charge on any atom is 0.375 e. The highest BCUT2D eigenvalue weighted by molar-refractivity contribution is 7.99. The van der Waals surface area contributed by atoms with Crippen molar-refractivity contribution in [1.29, 1.82) is 0 Å². The SMILES string of the molecule is CC(C)OC(=O)C(=O)[C@H](Cc1ccccc1)C(=O)N[C@H]1CSCN1C(=O)[C@@H](NC(=O)N1CCN(C)CC1)C(C)C. The molecule has 2 aliphatic rings. The highest BCUT2D eigenvalue weighted by Crippen LogP contribution is 2.23. The molecule has 40 heavy (non-hydrogen) atoms. The zero-order valence-electron chi connectivity index (χ0n) is 23.9. The zero-order valence-corrected chi connectivity index (χ0v) is 24.7. The molecule has 0 unspecified atom stereocenters. The molecule has 3 rings (SSSR count). The summed E-state index contributed by atoms with van der Waals surface area (Å²) in [6, 6.07) is 7.88. The second-order valence-corrected chi connectivity index (χ2v) is 11.9. The average molecular weight is 576 g/mol. The van der Waals surface area contributed by atoms with E-state index in [1.807, 2.05) is 27.0 Å². The number of piperazine rings is 1. The van der Waals surface area contributed by atoms with Crippen LogP contribution >= 0.6 is 11.8 Å². The zero-order chi connectivity index (χ0) is 29.4. The molecule has 0 saturated carbocycles. The lowest BCUT2D eigenvalue weighted by atomic mass is 9.94. The maximum absolute atomic E-state index is 13.7. The minimum Gasteiger partial charge on any atom is -0.457 e. The predicted molar refractivity (Wildman–Crippen MR) is 152 cm³/mol. The molecule has 2 fully saturated rings. The van der Waals surface area contributed by atoms with Crippen molar-refractivity contribution in [1.82, 2.24) is 25.3 Å². The van der Waals surface area contributed by atoms with Crippen LogP contribution in [0.3, 0.4) is 0 Å². The fraction of sp³-hybridized carbons (Fsp3) is 0.607. The van der Waals surface area contributed by atoms with Crippen LogP contribution in [0, 0.1) is 11.8 Å². The molecule has 2 N–H and O–H groups in total. The lowest BCUT2D eigenvalue weighted by Gasteiger charge is -2.35. The van der Waals surface area contributed by atoms with E-state index in [-0.39, 0.29) is 24.3 Å². The number of hydrogen-bond acceptors (Lipinski definition) is 8. The monoisotopic (exact) mass is 575 g/mol. The Bertz CT molecular complexity index is 1060. The Hall–Kier alpha value is -3.12. The van der Waals surface area contributed by atoms with E-state index in [1.165, 1.54) is 16.7 Å². The summed E-state index contributed by atoms with van der Waals surface area (Å²) in [5.74, 6) is -3.72. The summed E-state index contributed by atoms with van der Waals surface area (Å²) in [6.07, 6.45) is -1.19. The van der Waals surface area contributed by atoms with Crippen molar-refractivity contribution >= 4 is 41.4 Å². The van der Waals surface area contributed by atoms with Gasteiger partial charge in [-0.1, -0.05) is 44.2 Å². The standard InChI is InChI=1S/C28H41N5O6S/c1-18(2)23(30-28(38)32-13-11-31(5)12-14-32)26(36)33-17-40-16-22(33)29-25(35)21(15-20-9-7-6-8-10-20)24(34)27(37)39-19(3)4/h6-10,18-19,21-23H,11-17H2,1-5H3,(H,29,35)(H,30,38)/t21-,22+,23-/m0/s1. The molecule has 0 spiro atoms. The van der Waals surface area contributed by atoms with Crippen LogP contribution in [0.15, 0.2) is 30.3 Å². The molecule has 2 saturated heterocycles. The van der Waals surface area contributed by atoms with Gasteiger partial charge in [0.25, 0.3) is 5.78 Å². The Morgan fingerprint density at radius 2 is 1.65 bits per heavy atom. The summed E-state index contributed by atoms with van der Waals surface area (Å²) in [5, 5.41) is 5.72. The van der Waals surface area contributed by atoms with Gasteiger partial charge in [0.15, 0.2) is 0 Å². The minimum atomic E-state index is -1.31. The van der Waals surface area contributed by atoms with Gasteiger partial charge < -0.3 is 30.1 Å². The summed E-state index contributed by atoms with van der Waals surface area (Å²) in [5.41, 5.74) is 0.716. The number of urea groups is 1. The quantitative estimate of drug-likeness (QED) is 0.243. The molecular formula is C28H41N5O6S. The average Bonchev–Trinajstić information content (AvgIpc) is 3.37. The van der Waals surface area contributed by atoms with Crippen molar-refractivity contribution in [3.05, 3.63) is 35.9 Å². The number of esters is 1. The molecule has 0 aliphatic carbocycles. The van der Waals surface area contributed by atoms with Crippen LogP contribution in [0.4, 0.5) is 4.79 Å². The molecule has 11 nitrogen and oxygen atoms in total. The molecule has 12 heteroatoms. The lowest BCUT2D eigenvalue weighted by Crippen LogP contribution is -2.60. The Morgan fingerprint density at radius 3 is 2.25 bits per heavy atom. The molecule has 1 aromatic rings.